The number of hydrogen-bond donors (Lipinski definition) is 1. The number of aromatic nitrogens is 2. The first-order valence-electron chi connectivity index (χ1n) is 6.88. The molecule has 1 atom stereocenters. The molecule has 2 heterocycles. The Bertz CT molecular complexity index is 757. The summed E-state index contributed by atoms with van der Waals surface area (Å²) in [6.45, 7) is 3.29. The molecule has 0 spiro atoms. The number of nitrogens with one attached hydrogen (secondary N) is 1. The summed E-state index contributed by atoms with van der Waals surface area (Å²) in [5.74, 6) is 0.261. The van der Waals surface area contributed by atoms with Gasteiger partial charge in [0.1, 0.15) is 4.83 Å². The first-order chi connectivity index (χ1) is 9.61. The van der Waals surface area contributed by atoms with Crippen LogP contribution in [0.1, 0.15) is 23.8 Å². The largest absolute Gasteiger partial charge is 0.384 e. The smallest absolute Gasteiger partial charge is 0.263 e. The lowest BCUT2D eigenvalue weighted by atomic mass is 10.2. The number of rotatable bonds is 4. The molecule has 1 aliphatic carbocycles. The van der Waals surface area contributed by atoms with Gasteiger partial charge in [0.25, 0.3) is 5.56 Å². The molecular weight excluding hydrogens is 292 g/mol. The quantitative estimate of drug-likeness (QED) is 0.883. The maximum atomic E-state index is 12.8. The average molecular weight is 310 g/mol. The Balaban J connectivity index is 2.13. The molecule has 4 nitrogen and oxygen atoms in total. The Morgan fingerprint density at radius 3 is 3.05 bits per heavy atom. The van der Waals surface area contributed by atoms with Gasteiger partial charge in [0, 0.05) is 18.5 Å². The summed E-state index contributed by atoms with van der Waals surface area (Å²) in [5, 5.41) is 0.862. The van der Waals surface area contributed by atoms with Crippen molar-refractivity contribution in [2.45, 2.75) is 32.7 Å². The molecule has 0 radical (unpaired) electrons. The molecule has 0 aliphatic heterocycles. The van der Waals surface area contributed by atoms with E-state index in [1.807, 2.05) is 0 Å². The van der Waals surface area contributed by atoms with E-state index in [2.05, 4.69) is 11.9 Å². The van der Waals surface area contributed by atoms with Crippen molar-refractivity contribution >= 4 is 33.8 Å². The minimum Gasteiger partial charge on any atom is -0.384 e. The van der Waals surface area contributed by atoms with Crippen LogP contribution in [0.5, 0.6) is 0 Å². The topological polar surface area (TPSA) is 47.0 Å². The van der Waals surface area contributed by atoms with Crippen LogP contribution in [0.4, 0.5) is 0 Å². The fraction of sp³-hybridized carbons (Fsp3) is 0.571. The maximum absolute atomic E-state index is 12.8. The molecule has 0 saturated carbocycles. The van der Waals surface area contributed by atoms with Crippen molar-refractivity contribution in [2.24, 2.45) is 5.92 Å². The summed E-state index contributed by atoms with van der Waals surface area (Å²) in [6, 6.07) is 0. The highest BCUT2D eigenvalue weighted by atomic mass is 32.1. The van der Waals surface area contributed by atoms with E-state index in [1.54, 1.807) is 23.0 Å². The summed E-state index contributed by atoms with van der Waals surface area (Å²) in [6.07, 6.45) is 3.27. The SMILES string of the molecule is COCC(C)Cn1c(=S)[nH]c2sc3c(c2c1=O)CCC3. The van der Waals surface area contributed by atoms with E-state index >= 15 is 0 Å². The number of aryl methyl sites for hydroxylation is 2. The van der Waals surface area contributed by atoms with Gasteiger partial charge in [0.05, 0.1) is 12.0 Å². The van der Waals surface area contributed by atoms with E-state index in [-0.39, 0.29) is 11.5 Å². The zero-order valence-corrected chi connectivity index (χ0v) is 13.3. The second kappa shape index (κ2) is 5.42. The van der Waals surface area contributed by atoms with Crippen molar-refractivity contribution in [1.29, 1.82) is 0 Å². The first kappa shape index (κ1) is 14.0. The van der Waals surface area contributed by atoms with Gasteiger partial charge in [-0.3, -0.25) is 9.36 Å². The number of aromatic amines is 1. The van der Waals surface area contributed by atoms with Crippen molar-refractivity contribution in [3.8, 4) is 0 Å². The van der Waals surface area contributed by atoms with Crippen LogP contribution in [-0.4, -0.2) is 23.3 Å². The average Bonchev–Trinajstić information content (AvgIpc) is 2.94. The lowest BCUT2D eigenvalue weighted by Gasteiger charge is -2.12. The lowest BCUT2D eigenvalue weighted by Crippen LogP contribution is -2.26. The molecule has 0 amide bonds. The fourth-order valence-electron chi connectivity index (χ4n) is 2.93. The molecule has 1 aliphatic rings. The Labute approximate surface area is 126 Å². The third-order valence-electron chi connectivity index (χ3n) is 3.79. The Morgan fingerprint density at radius 2 is 2.30 bits per heavy atom. The minimum absolute atomic E-state index is 0.0612. The third-order valence-corrected chi connectivity index (χ3v) is 5.32. The van der Waals surface area contributed by atoms with Crippen LogP contribution in [0.15, 0.2) is 4.79 Å². The normalized spacial score (nSPS) is 15.7. The first-order valence-corrected chi connectivity index (χ1v) is 8.10. The number of thiophene rings is 1. The maximum Gasteiger partial charge on any atom is 0.263 e. The zero-order valence-electron chi connectivity index (χ0n) is 11.7. The standard InChI is InChI=1S/C14H18N2O2S2/c1-8(7-18-2)6-16-13(17)11-9-4-3-5-10(9)20-12(11)15-14(16)19/h8H,3-7H2,1-2H3,(H,15,19). The molecule has 108 valence electrons. The van der Waals surface area contributed by atoms with Crippen LogP contribution in [0.2, 0.25) is 0 Å². The van der Waals surface area contributed by atoms with Gasteiger partial charge >= 0.3 is 0 Å². The molecule has 0 aromatic carbocycles. The zero-order chi connectivity index (χ0) is 14.3. The number of methoxy groups -OCH3 is 1. The van der Waals surface area contributed by atoms with Crippen LogP contribution in [0.3, 0.4) is 0 Å². The molecule has 2 aromatic rings. The second-order valence-corrected chi connectivity index (χ2v) is 6.96. The molecule has 1 N–H and O–H groups in total. The van der Waals surface area contributed by atoms with Crippen LogP contribution in [0.25, 0.3) is 10.2 Å². The Hall–Kier alpha value is -0.980. The summed E-state index contributed by atoms with van der Waals surface area (Å²) < 4.78 is 7.35. The summed E-state index contributed by atoms with van der Waals surface area (Å²) in [4.78, 5) is 18.3. The summed E-state index contributed by atoms with van der Waals surface area (Å²) in [7, 11) is 1.68. The van der Waals surface area contributed by atoms with E-state index in [0.29, 0.717) is 17.9 Å². The van der Waals surface area contributed by atoms with Crippen molar-refractivity contribution in [2.75, 3.05) is 13.7 Å². The fourth-order valence-corrected chi connectivity index (χ4v) is 4.53. The van der Waals surface area contributed by atoms with Crippen molar-refractivity contribution in [3.05, 3.63) is 25.6 Å². The minimum atomic E-state index is 0.0612. The molecule has 1 unspecified atom stereocenters. The molecule has 3 rings (SSSR count). The number of H-pyrrole nitrogens is 1. The monoisotopic (exact) mass is 310 g/mol. The highest BCUT2D eigenvalue weighted by Crippen LogP contribution is 2.34. The molecule has 6 heteroatoms. The van der Waals surface area contributed by atoms with Crippen LogP contribution >= 0.6 is 23.6 Å². The number of ether oxygens (including phenoxy) is 1. The van der Waals surface area contributed by atoms with E-state index < -0.39 is 0 Å². The Morgan fingerprint density at radius 1 is 1.50 bits per heavy atom. The number of hydrogen-bond acceptors (Lipinski definition) is 4. The predicted molar refractivity (Wildman–Crippen MR) is 84.3 cm³/mol. The predicted octanol–water partition coefficient (Wildman–Crippen LogP) is 2.89. The number of fused-ring (bicyclic) bond motifs is 3. The van der Waals surface area contributed by atoms with E-state index in [4.69, 9.17) is 17.0 Å². The third kappa shape index (κ3) is 2.25. The van der Waals surface area contributed by atoms with Gasteiger partial charge in [-0.1, -0.05) is 6.92 Å². The lowest BCUT2D eigenvalue weighted by molar-refractivity contribution is 0.150. The molecule has 0 saturated heterocycles. The van der Waals surface area contributed by atoms with E-state index in [0.717, 1.165) is 29.5 Å². The van der Waals surface area contributed by atoms with E-state index in [9.17, 15) is 4.79 Å². The van der Waals surface area contributed by atoms with Gasteiger partial charge in [-0.15, -0.1) is 11.3 Å². The van der Waals surface area contributed by atoms with Gasteiger partial charge in [-0.05, 0) is 43.0 Å². The van der Waals surface area contributed by atoms with Gasteiger partial charge in [0.2, 0.25) is 0 Å². The van der Waals surface area contributed by atoms with Gasteiger partial charge in [-0.25, -0.2) is 0 Å². The molecular formula is C14H18N2O2S2. The second-order valence-electron chi connectivity index (χ2n) is 5.47. The van der Waals surface area contributed by atoms with Gasteiger partial charge in [0.15, 0.2) is 4.77 Å². The molecule has 20 heavy (non-hydrogen) atoms. The molecule has 0 fully saturated rings. The van der Waals surface area contributed by atoms with Crippen LogP contribution in [-0.2, 0) is 24.1 Å². The molecule has 0 bridgehead atoms. The number of nitrogens with zero attached hydrogens (tertiary/aromatic N) is 1. The van der Waals surface area contributed by atoms with Crippen LogP contribution < -0.4 is 5.56 Å². The van der Waals surface area contributed by atoms with Gasteiger partial charge < -0.3 is 9.72 Å². The highest BCUT2D eigenvalue weighted by molar-refractivity contribution is 7.71. The van der Waals surface area contributed by atoms with Crippen molar-refractivity contribution in [3.63, 3.8) is 0 Å². The Kier molecular flexibility index (Phi) is 3.79. The summed E-state index contributed by atoms with van der Waals surface area (Å²) >= 11 is 7.04. The van der Waals surface area contributed by atoms with Crippen molar-refractivity contribution < 1.29 is 4.74 Å². The summed E-state index contributed by atoms with van der Waals surface area (Å²) in [5.41, 5.74) is 1.31. The molecule has 2 aromatic heterocycles. The van der Waals surface area contributed by atoms with Crippen molar-refractivity contribution in [1.82, 2.24) is 9.55 Å². The van der Waals surface area contributed by atoms with Gasteiger partial charge in [-0.2, -0.15) is 0 Å². The highest BCUT2D eigenvalue weighted by Gasteiger charge is 2.21. The van der Waals surface area contributed by atoms with Crippen LogP contribution in [0, 0.1) is 10.7 Å². The van der Waals surface area contributed by atoms with E-state index in [1.165, 1.54) is 10.4 Å².